The molecule has 35 heavy (non-hydrogen) atoms. The molecule has 0 bridgehead atoms. The van der Waals surface area contributed by atoms with Gasteiger partial charge in [-0.2, -0.15) is 0 Å². The van der Waals surface area contributed by atoms with Crippen LogP contribution in [-0.2, 0) is 11.2 Å². The topological polar surface area (TPSA) is 66.6 Å². The Bertz CT molecular complexity index is 1190. The van der Waals surface area contributed by atoms with Gasteiger partial charge in [-0.25, -0.2) is 4.79 Å². The van der Waals surface area contributed by atoms with E-state index in [-0.39, 0.29) is 12.1 Å². The summed E-state index contributed by atoms with van der Waals surface area (Å²) in [6, 6.07) is 14.6. The summed E-state index contributed by atoms with van der Waals surface area (Å²) in [5.74, 6) is 1.32. The number of halogens is 1. The summed E-state index contributed by atoms with van der Waals surface area (Å²) < 4.78 is 11.6. The lowest BCUT2D eigenvalue weighted by molar-refractivity contribution is 0.0165. The third-order valence-corrected chi connectivity index (χ3v) is 7.11. The maximum absolute atomic E-state index is 12.3. The van der Waals surface area contributed by atoms with Crippen LogP contribution >= 0.6 is 11.6 Å². The van der Waals surface area contributed by atoms with E-state index in [0.717, 1.165) is 42.1 Å². The van der Waals surface area contributed by atoms with Gasteiger partial charge in [0.1, 0.15) is 11.4 Å². The maximum atomic E-state index is 12.3. The third kappa shape index (κ3) is 5.44. The predicted molar refractivity (Wildman–Crippen MR) is 139 cm³/mol. The number of H-pyrrole nitrogens is 1. The predicted octanol–water partition coefficient (Wildman–Crippen LogP) is 6.08. The Kier molecular flexibility index (Phi) is 6.69. The second-order valence-electron chi connectivity index (χ2n) is 10.6. The molecule has 0 aliphatic carbocycles. The standard InChI is InChI=1S/C28H34ClN3O3/c1-28(2,3)35-27(33)32-14-11-18(12-15-32)17-34-21-7-4-19(5-8-21)25-26-22(10-13-30-25)23-16-20(29)6-9-24(23)31-26/h4-9,16,18,25,30-31H,10-15,17H2,1-3H3. The van der Waals surface area contributed by atoms with Gasteiger partial charge in [-0.15, -0.1) is 0 Å². The largest absolute Gasteiger partial charge is 0.493 e. The first kappa shape index (κ1) is 24.0. The van der Waals surface area contributed by atoms with Gasteiger partial charge in [0.2, 0.25) is 0 Å². The minimum Gasteiger partial charge on any atom is -0.493 e. The summed E-state index contributed by atoms with van der Waals surface area (Å²) in [5.41, 5.74) is 4.45. The van der Waals surface area contributed by atoms with Gasteiger partial charge in [-0.05, 0) is 87.4 Å². The van der Waals surface area contributed by atoms with E-state index >= 15 is 0 Å². The lowest BCUT2D eigenvalue weighted by Gasteiger charge is -2.33. The number of carbonyl (C=O) groups is 1. The van der Waals surface area contributed by atoms with Gasteiger partial charge in [-0.3, -0.25) is 0 Å². The Balaban J connectivity index is 1.18. The molecule has 2 aliphatic heterocycles. The van der Waals surface area contributed by atoms with E-state index in [4.69, 9.17) is 21.1 Å². The van der Waals surface area contributed by atoms with Crippen molar-refractivity contribution >= 4 is 28.6 Å². The maximum Gasteiger partial charge on any atom is 0.410 e. The Labute approximate surface area is 211 Å². The summed E-state index contributed by atoms with van der Waals surface area (Å²) in [7, 11) is 0. The molecule has 7 heteroatoms. The van der Waals surface area contributed by atoms with Crippen molar-refractivity contribution in [2.75, 3.05) is 26.2 Å². The first-order valence-electron chi connectivity index (χ1n) is 12.5. The molecule has 0 spiro atoms. The number of rotatable bonds is 4. The summed E-state index contributed by atoms with van der Waals surface area (Å²) in [4.78, 5) is 17.7. The molecule has 5 rings (SSSR count). The number of benzene rings is 2. The number of ether oxygens (including phenoxy) is 2. The van der Waals surface area contributed by atoms with Crippen LogP contribution in [-0.4, -0.2) is 47.8 Å². The molecule has 1 aromatic heterocycles. The van der Waals surface area contributed by atoms with E-state index in [2.05, 4.69) is 46.7 Å². The highest BCUT2D eigenvalue weighted by Gasteiger charge is 2.28. The van der Waals surface area contributed by atoms with Crippen LogP contribution in [0.1, 0.15) is 56.5 Å². The van der Waals surface area contributed by atoms with Crippen molar-refractivity contribution in [3.8, 4) is 5.75 Å². The van der Waals surface area contributed by atoms with Crippen LogP contribution in [0.3, 0.4) is 0 Å². The molecule has 2 N–H and O–H groups in total. The monoisotopic (exact) mass is 495 g/mol. The zero-order valence-electron chi connectivity index (χ0n) is 20.7. The molecular weight excluding hydrogens is 462 g/mol. The number of aromatic amines is 1. The summed E-state index contributed by atoms with van der Waals surface area (Å²) in [5, 5.41) is 5.64. The van der Waals surface area contributed by atoms with Crippen molar-refractivity contribution in [2.45, 2.75) is 51.7 Å². The van der Waals surface area contributed by atoms with Gasteiger partial charge in [0, 0.05) is 41.3 Å². The first-order valence-corrected chi connectivity index (χ1v) is 12.9. The molecule has 1 fully saturated rings. The second-order valence-corrected chi connectivity index (χ2v) is 11.1. The van der Waals surface area contributed by atoms with Crippen LogP contribution in [0.15, 0.2) is 42.5 Å². The molecule has 1 saturated heterocycles. The van der Waals surface area contributed by atoms with Gasteiger partial charge in [0.05, 0.1) is 12.6 Å². The molecule has 2 aliphatic rings. The van der Waals surface area contributed by atoms with Crippen LogP contribution in [0.25, 0.3) is 10.9 Å². The Hall–Kier alpha value is -2.70. The molecule has 0 radical (unpaired) electrons. The molecule has 6 nitrogen and oxygen atoms in total. The van der Waals surface area contributed by atoms with E-state index in [1.54, 1.807) is 4.90 Å². The molecule has 3 heterocycles. The fourth-order valence-electron chi connectivity index (χ4n) is 5.06. The Morgan fingerprint density at radius 1 is 1.11 bits per heavy atom. The van der Waals surface area contributed by atoms with Crippen molar-refractivity contribution in [1.29, 1.82) is 0 Å². The van der Waals surface area contributed by atoms with Crippen molar-refractivity contribution in [2.24, 2.45) is 5.92 Å². The zero-order chi connectivity index (χ0) is 24.6. The average Bonchev–Trinajstić information content (AvgIpc) is 3.20. The van der Waals surface area contributed by atoms with Gasteiger partial charge in [0.15, 0.2) is 0 Å². The minimum atomic E-state index is -0.458. The number of piperidine rings is 1. The summed E-state index contributed by atoms with van der Waals surface area (Å²) >= 11 is 6.25. The number of nitrogens with zero attached hydrogens (tertiary/aromatic N) is 1. The zero-order valence-corrected chi connectivity index (χ0v) is 21.5. The quantitative estimate of drug-likeness (QED) is 0.460. The smallest absolute Gasteiger partial charge is 0.410 e. The third-order valence-electron chi connectivity index (χ3n) is 6.88. The average molecular weight is 496 g/mol. The van der Waals surface area contributed by atoms with Crippen LogP contribution in [0, 0.1) is 5.92 Å². The molecular formula is C28H34ClN3O3. The van der Waals surface area contributed by atoms with E-state index in [1.165, 1.54) is 22.2 Å². The molecule has 1 unspecified atom stereocenters. The normalized spacial score (nSPS) is 19.0. The van der Waals surface area contributed by atoms with Crippen molar-refractivity contribution in [3.63, 3.8) is 0 Å². The molecule has 3 aromatic rings. The van der Waals surface area contributed by atoms with E-state index in [9.17, 15) is 4.79 Å². The van der Waals surface area contributed by atoms with Gasteiger partial charge < -0.3 is 24.7 Å². The number of carbonyl (C=O) groups excluding carboxylic acids is 1. The number of likely N-dealkylation sites (tertiary alicyclic amines) is 1. The molecule has 2 aromatic carbocycles. The van der Waals surface area contributed by atoms with E-state index < -0.39 is 5.60 Å². The van der Waals surface area contributed by atoms with Crippen LogP contribution in [0.4, 0.5) is 4.79 Å². The Morgan fingerprint density at radius 3 is 2.57 bits per heavy atom. The highest BCUT2D eigenvalue weighted by atomic mass is 35.5. The lowest BCUT2D eigenvalue weighted by Crippen LogP contribution is -2.42. The molecule has 186 valence electrons. The highest BCUT2D eigenvalue weighted by Crippen LogP contribution is 2.35. The number of aromatic nitrogens is 1. The number of hydrogen-bond donors (Lipinski definition) is 2. The van der Waals surface area contributed by atoms with Crippen LogP contribution in [0.2, 0.25) is 5.02 Å². The fraction of sp³-hybridized carbons (Fsp3) is 0.464. The van der Waals surface area contributed by atoms with Crippen LogP contribution < -0.4 is 10.1 Å². The van der Waals surface area contributed by atoms with E-state index in [1.807, 2.05) is 26.8 Å². The van der Waals surface area contributed by atoms with Gasteiger partial charge in [0.25, 0.3) is 0 Å². The van der Waals surface area contributed by atoms with Crippen molar-refractivity contribution in [3.05, 3.63) is 64.3 Å². The summed E-state index contributed by atoms with van der Waals surface area (Å²) in [6.07, 6.45) is 2.62. The van der Waals surface area contributed by atoms with Gasteiger partial charge in [-0.1, -0.05) is 23.7 Å². The minimum absolute atomic E-state index is 0.121. The molecule has 1 amide bonds. The number of hydrogen-bond acceptors (Lipinski definition) is 4. The van der Waals surface area contributed by atoms with Crippen molar-refractivity contribution in [1.82, 2.24) is 15.2 Å². The van der Waals surface area contributed by atoms with Crippen LogP contribution in [0.5, 0.6) is 5.75 Å². The molecule has 1 atom stereocenters. The molecule has 0 saturated carbocycles. The highest BCUT2D eigenvalue weighted by molar-refractivity contribution is 6.31. The number of fused-ring (bicyclic) bond motifs is 3. The number of amides is 1. The number of nitrogens with one attached hydrogen (secondary N) is 2. The lowest BCUT2D eigenvalue weighted by atomic mass is 9.94. The van der Waals surface area contributed by atoms with Gasteiger partial charge >= 0.3 is 6.09 Å². The van der Waals surface area contributed by atoms with E-state index in [0.29, 0.717) is 25.6 Å². The second kappa shape index (κ2) is 9.75. The first-order chi connectivity index (χ1) is 16.8. The Morgan fingerprint density at radius 2 is 1.86 bits per heavy atom. The van der Waals surface area contributed by atoms with Crippen molar-refractivity contribution < 1.29 is 14.3 Å². The SMILES string of the molecule is CC(C)(C)OC(=O)N1CCC(COc2ccc(C3NCCc4c3[nH]c3ccc(Cl)cc43)cc2)CC1. The fourth-order valence-corrected chi connectivity index (χ4v) is 5.24. The summed E-state index contributed by atoms with van der Waals surface area (Å²) in [6.45, 7) is 8.72.